The van der Waals surface area contributed by atoms with E-state index in [-0.39, 0.29) is 19.6 Å². The highest BCUT2D eigenvalue weighted by Crippen LogP contribution is 2.28. The standard InChI is InChI=1S/C15H16N2O6S/c1-2-23-14(21)9-3-5-10(6-4-9)16-12-13(20)17(15(22)24-12)8-7-11(18)19/h3-6,12,16H,2,7-8H2,1H3,(H,18,19)/t12-/m0/s1. The number of carboxylic acids is 1. The lowest BCUT2D eigenvalue weighted by atomic mass is 10.2. The molecule has 2 rings (SSSR count). The molecule has 0 saturated carbocycles. The van der Waals surface area contributed by atoms with Crippen LogP contribution in [0.1, 0.15) is 23.7 Å². The maximum Gasteiger partial charge on any atom is 0.338 e. The third-order valence-corrected chi connectivity index (χ3v) is 4.15. The number of carbonyl (C=O) groups is 4. The Morgan fingerprint density at radius 2 is 1.96 bits per heavy atom. The van der Waals surface area contributed by atoms with E-state index in [2.05, 4.69) is 5.32 Å². The van der Waals surface area contributed by atoms with E-state index in [4.69, 9.17) is 9.84 Å². The molecule has 1 saturated heterocycles. The number of hydrogen-bond donors (Lipinski definition) is 2. The van der Waals surface area contributed by atoms with E-state index < -0.39 is 28.5 Å². The van der Waals surface area contributed by atoms with Crippen LogP contribution < -0.4 is 5.32 Å². The van der Waals surface area contributed by atoms with E-state index in [1.807, 2.05) is 0 Å². The average Bonchev–Trinajstić information content (AvgIpc) is 2.80. The number of anilines is 1. The number of nitrogens with one attached hydrogen (secondary N) is 1. The van der Waals surface area contributed by atoms with Gasteiger partial charge in [0.15, 0.2) is 5.37 Å². The molecule has 1 aliphatic heterocycles. The molecule has 1 atom stereocenters. The van der Waals surface area contributed by atoms with Crippen LogP contribution in [0.2, 0.25) is 0 Å². The van der Waals surface area contributed by atoms with Crippen molar-refractivity contribution in [3.63, 3.8) is 0 Å². The zero-order valence-corrected chi connectivity index (χ0v) is 13.7. The van der Waals surface area contributed by atoms with E-state index >= 15 is 0 Å². The summed E-state index contributed by atoms with van der Waals surface area (Å²) in [6.07, 6.45) is -0.293. The number of aliphatic carboxylic acids is 1. The van der Waals surface area contributed by atoms with Crippen molar-refractivity contribution in [2.45, 2.75) is 18.7 Å². The Kier molecular flexibility index (Phi) is 5.80. The van der Waals surface area contributed by atoms with Crippen LogP contribution in [-0.2, 0) is 14.3 Å². The molecule has 0 bridgehead atoms. The Morgan fingerprint density at radius 1 is 1.29 bits per heavy atom. The SMILES string of the molecule is CCOC(=O)c1ccc(N[C@H]2SC(=O)N(CCC(=O)O)C2=O)cc1. The summed E-state index contributed by atoms with van der Waals surface area (Å²) in [7, 11) is 0. The van der Waals surface area contributed by atoms with E-state index in [0.717, 1.165) is 16.7 Å². The molecule has 0 aromatic heterocycles. The molecule has 1 fully saturated rings. The van der Waals surface area contributed by atoms with Crippen LogP contribution in [0.25, 0.3) is 0 Å². The molecular formula is C15H16N2O6S. The molecule has 1 aliphatic rings. The summed E-state index contributed by atoms with van der Waals surface area (Å²) in [5, 5.41) is 10.2. The molecule has 0 radical (unpaired) electrons. The van der Waals surface area contributed by atoms with Crippen molar-refractivity contribution < 1.29 is 29.0 Å². The maximum atomic E-state index is 12.1. The van der Waals surface area contributed by atoms with Gasteiger partial charge in [-0.25, -0.2) is 4.79 Å². The molecule has 0 spiro atoms. The molecule has 1 aromatic rings. The van der Waals surface area contributed by atoms with Gasteiger partial charge >= 0.3 is 11.9 Å². The van der Waals surface area contributed by atoms with Crippen molar-refractivity contribution in [3.05, 3.63) is 29.8 Å². The van der Waals surface area contributed by atoms with Gasteiger partial charge in [0, 0.05) is 12.2 Å². The Labute approximate surface area is 142 Å². The monoisotopic (exact) mass is 352 g/mol. The highest BCUT2D eigenvalue weighted by Gasteiger charge is 2.39. The Morgan fingerprint density at radius 3 is 2.54 bits per heavy atom. The second-order valence-electron chi connectivity index (χ2n) is 4.84. The van der Waals surface area contributed by atoms with Crippen LogP contribution in [0, 0.1) is 0 Å². The van der Waals surface area contributed by atoms with Gasteiger partial charge in [-0.15, -0.1) is 0 Å². The van der Waals surface area contributed by atoms with Crippen molar-refractivity contribution >= 4 is 40.5 Å². The largest absolute Gasteiger partial charge is 0.481 e. The summed E-state index contributed by atoms with van der Waals surface area (Å²) in [5.41, 5.74) is 0.939. The van der Waals surface area contributed by atoms with Gasteiger partial charge < -0.3 is 15.2 Å². The van der Waals surface area contributed by atoms with Crippen molar-refractivity contribution in [1.82, 2.24) is 4.90 Å². The Balaban J connectivity index is 1.98. The number of benzene rings is 1. The number of carbonyl (C=O) groups excluding carboxylic acids is 3. The lowest BCUT2D eigenvalue weighted by molar-refractivity contribution is -0.137. The van der Waals surface area contributed by atoms with Crippen molar-refractivity contribution in [3.8, 4) is 0 Å². The second kappa shape index (κ2) is 7.82. The first-order valence-electron chi connectivity index (χ1n) is 7.20. The highest BCUT2D eigenvalue weighted by molar-refractivity contribution is 8.15. The number of ether oxygens (including phenoxy) is 1. The Bertz CT molecular complexity index is 660. The van der Waals surface area contributed by atoms with E-state index in [1.54, 1.807) is 31.2 Å². The maximum absolute atomic E-state index is 12.1. The van der Waals surface area contributed by atoms with E-state index in [1.165, 1.54) is 0 Å². The lowest BCUT2D eigenvalue weighted by Crippen LogP contribution is -2.35. The van der Waals surface area contributed by atoms with E-state index in [0.29, 0.717) is 11.3 Å². The first-order chi connectivity index (χ1) is 11.4. The van der Waals surface area contributed by atoms with Crippen LogP contribution in [-0.4, -0.2) is 51.6 Å². The van der Waals surface area contributed by atoms with Gasteiger partial charge in [-0.3, -0.25) is 19.3 Å². The van der Waals surface area contributed by atoms with Gasteiger partial charge in [-0.05, 0) is 43.0 Å². The molecule has 24 heavy (non-hydrogen) atoms. The predicted octanol–water partition coefficient (Wildman–Crippen LogP) is 1.77. The molecular weight excluding hydrogens is 336 g/mol. The summed E-state index contributed by atoms with van der Waals surface area (Å²) in [4.78, 5) is 47.0. The fraction of sp³-hybridized carbons (Fsp3) is 0.333. The molecule has 0 unspecified atom stereocenters. The molecule has 1 aromatic carbocycles. The molecule has 1 heterocycles. The molecule has 8 nitrogen and oxygen atoms in total. The number of thioether (sulfide) groups is 1. The summed E-state index contributed by atoms with van der Waals surface area (Å²) < 4.78 is 4.88. The minimum atomic E-state index is -1.08. The van der Waals surface area contributed by atoms with Crippen LogP contribution in [0.15, 0.2) is 24.3 Å². The number of amides is 2. The normalized spacial score (nSPS) is 17.0. The summed E-state index contributed by atoms with van der Waals surface area (Å²) >= 11 is 0.789. The van der Waals surface area contributed by atoms with Gasteiger partial charge in [0.2, 0.25) is 0 Å². The number of rotatable bonds is 7. The predicted molar refractivity (Wildman–Crippen MR) is 86.8 cm³/mol. The quantitative estimate of drug-likeness (QED) is 0.714. The van der Waals surface area contributed by atoms with Crippen LogP contribution in [0.4, 0.5) is 10.5 Å². The first kappa shape index (κ1) is 17.8. The van der Waals surface area contributed by atoms with Gasteiger partial charge in [-0.1, -0.05) is 0 Å². The number of imide groups is 1. The third-order valence-electron chi connectivity index (χ3n) is 3.17. The topological polar surface area (TPSA) is 113 Å². The minimum absolute atomic E-state index is 0.153. The van der Waals surface area contributed by atoms with Gasteiger partial charge in [0.1, 0.15) is 0 Å². The number of carboxylic acid groups (broad SMARTS) is 1. The van der Waals surface area contributed by atoms with Crippen molar-refractivity contribution in [2.24, 2.45) is 0 Å². The molecule has 128 valence electrons. The summed E-state index contributed by atoms with van der Waals surface area (Å²) in [5.74, 6) is -2.00. The molecule has 9 heteroatoms. The molecule has 2 N–H and O–H groups in total. The lowest BCUT2D eigenvalue weighted by Gasteiger charge is -2.14. The fourth-order valence-electron chi connectivity index (χ4n) is 2.01. The smallest absolute Gasteiger partial charge is 0.338 e. The van der Waals surface area contributed by atoms with Crippen molar-refractivity contribution in [1.29, 1.82) is 0 Å². The summed E-state index contributed by atoms with van der Waals surface area (Å²) in [6, 6.07) is 6.30. The van der Waals surface area contributed by atoms with Gasteiger partial charge in [0.25, 0.3) is 11.1 Å². The summed E-state index contributed by atoms with van der Waals surface area (Å²) in [6.45, 7) is 1.84. The highest BCUT2D eigenvalue weighted by atomic mass is 32.2. The van der Waals surface area contributed by atoms with Crippen LogP contribution in [0.3, 0.4) is 0 Å². The zero-order chi connectivity index (χ0) is 17.7. The van der Waals surface area contributed by atoms with Gasteiger partial charge in [-0.2, -0.15) is 0 Å². The Hall–Kier alpha value is -2.55. The van der Waals surface area contributed by atoms with Gasteiger partial charge in [0.05, 0.1) is 18.6 Å². The fourth-order valence-corrected chi connectivity index (χ4v) is 2.95. The van der Waals surface area contributed by atoms with Crippen LogP contribution >= 0.6 is 11.8 Å². The minimum Gasteiger partial charge on any atom is -0.481 e. The first-order valence-corrected chi connectivity index (χ1v) is 8.08. The van der Waals surface area contributed by atoms with Crippen molar-refractivity contribution in [2.75, 3.05) is 18.5 Å². The number of esters is 1. The molecule has 0 aliphatic carbocycles. The average molecular weight is 352 g/mol. The number of hydrogen-bond acceptors (Lipinski definition) is 7. The number of nitrogens with zero attached hydrogens (tertiary/aromatic N) is 1. The van der Waals surface area contributed by atoms with E-state index in [9.17, 15) is 19.2 Å². The third kappa shape index (κ3) is 4.25. The van der Waals surface area contributed by atoms with Crippen LogP contribution in [0.5, 0.6) is 0 Å². The molecule has 2 amide bonds. The zero-order valence-electron chi connectivity index (χ0n) is 12.9. The second-order valence-corrected chi connectivity index (χ2v) is 5.90.